The van der Waals surface area contributed by atoms with Crippen molar-refractivity contribution < 1.29 is 18.3 Å². The zero-order chi connectivity index (χ0) is 10.1. The van der Waals surface area contributed by atoms with E-state index in [0.717, 1.165) is 6.07 Å². The van der Waals surface area contributed by atoms with Crippen molar-refractivity contribution in [2.75, 3.05) is 5.73 Å². The van der Waals surface area contributed by atoms with Crippen LogP contribution in [0.1, 0.15) is 11.1 Å². The number of hydrogen-bond donors (Lipinski definition) is 2. The SMILES string of the molecule is Nc1cccc(CO)c1C(F)(F)F. The van der Waals surface area contributed by atoms with Crippen LogP contribution >= 0.6 is 0 Å². The molecule has 0 saturated heterocycles. The van der Waals surface area contributed by atoms with E-state index in [0.29, 0.717) is 0 Å². The van der Waals surface area contributed by atoms with E-state index in [4.69, 9.17) is 10.8 Å². The fraction of sp³-hybridized carbons (Fsp3) is 0.250. The van der Waals surface area contributed by atoms with Crippen molar-refractivity contribution in [2.45, 2.75) is 12.8 Å². The van der Waals surface area contributed by atoms with Crippen molar-refractivity contribution >= 4 is 5.69 Å². The van der Waals surface area contributed by atoms with Crippen LogP contribution in [0.5, 0.6) is 0 Å². The third-order valence-electron chi connectivity index (χ3n) is 1.64. The second kappa shape index (κ2) is 3.26. The van der Waals surface area contributed by atoms with E-state index >= 15 is 0 Å². The molecule has 1 rings (SSSR count). The van der Waals surface area contributed by atoms with Gasteiger partial charge in [-0.3, -0.25) is 0 Å². The highest BCUT2D eigenvalue weighted by Gasteiger charge is 2.35. The summed E-state index contributed by atoms with van der Waals surface area (Å²) >= 11 is 0. The quantitative estimate of drug-likeness (QED) is 0.664. The van der Waals surface area contributed by atoms with Crippen LogP contribution in [0.3, 0.4) is 0 Å². The van der Waals surface area contributed by atoms with E-state index in [2.05, 4.69) is 0 Å². The van der Waals surface area contributed by atoms with Gasteiger partial charge in [-0.15, -0.1) is 0 Å². The summed E-state index contributed by atoms with van der Waals surface area (Å²) in [6, 6.07) is 3.72. The van der Waals surface area contributed by atoms with E-state index in [1.54, 1.807) is 0 Å². The van der Waals surface area contributed by atoms with Crippen LogP contribution < -0.4 is 5.73 Å². The first-order valence-corrected chi connectivity index (χ1v) is 3.52. The molecule has 72 valence electrons. The molecule has 0 aliphatic carbocycles. The molecule has 1 aromatic carbocycles. The van der Waals surface area contributed by atoms with Crippen molar-refractivity contribution in [3.63, 3.8) is 0 Å². The fourth-order valence-corrected chi connectivity index (χ4v) is 1.10. The van der Waals surface area contributed by atoms with Gasteiger partial charge in [-0.1, -0.05) is 12.1 Å². The lowest BCUT2D eigenvalue weighted by Gasteiger charge is -2.13. The monoisotopic (exact) mass is 191 g/mol. The molecule has 0 unspecified atom stereocenters. The maximum atomic E-state index is 12.3. The highest BCUT2D eigenvalue weighted by atomic mass is 19.4. The van der Waals surface area contributed by atoms with Gasteiger partial charge in [0.1, 0.15) is 0 Å². The second-order valence-electron chi connectivity index (χ2n) is 2.54. The summed E-state index contributed by atoms with van der Waals surface area (Å²) in [5, 5.41) is 8.65. The molecule has 0 spiro atoms. The summed E-state index contributed by atoms with van der Waals surface area (Å²) in [7, 11) is 0. The number of rotatable bonds is 1. The molecule has 0 aliphatic heterocycles. The highest BCUT2D eigenvalue weighted by Crippen LogP contribution is 2.35. The van der Waals surface area contributed by atoms with Crippen molar-refractivity contribution in [3.8, 4) is 0 Å². The van der Waals surface area contributed by atoms with E-state index < -0.39 is 18.3 Å². The molecule has 0 amide bonds. The number of anilines is 1. The van der Waals surface area contributed by atoms with E-state index in [1.807, 2.05) is 0 Å². The second-order valence-corrected chi connectivity index (χ2v) is 2.54. The number of nitrogen functional groups attached to an aromatic ring is 1. The molecule has 0 aromatic heterocycles. The Hall–Kier alpha value is -1.23. The Labute approximate surface area is 72.8 Å². The Morgan fingerprint density at radius 2 is 1.92 bits per heavy atom. The molecule has 0 saturated carbocycles. The normalized spacial score (nSPS) is 11.7. The van der Waals surface area contributed by atoms with Crippen LogP contribution in [-0.4, -0.2) is 5.11 Å². The Morgan fingerprint density at radius 3 is 2.31 bits per heavy atom. The first-order valence-electron chi connectivity index (χ1n) is 3.52. The Morgan fingerprint density at radius 1 is 1.31 bits per heavy atom. The number of aliphatic hydroxyl groups is 1. The van der Waals surface area contributed by atoms with Gasteiger partial charge >= 0.3 is 6.18 Å². The van der Waals surface area contributed by atoms with Crippen LogP contribution in [0.4, 0.5) is 18.9 Å². The predicted octanol–water partition coefficient (Wildman–Crippen LogP) is 1.78. The maximum absolute atomic E-state index is 12.3. The standard InChI is InChI=1S/C8H8F3NO/c9-8(10,11)7-5(4-13)2-1-3-6(7)12/h1-3,13H,4,12H2. The van der Waals surface area contributed by atoms with E-state index in [1.165, 1.54) is 12.1 Å². The Bertz CT molecular complexity index is 309. The van der Waals surface area contributed by atoms with Gasteiger partial charge in [-0.05, 0) is 11.6 Å². The molecule has 0 aliphatic rings. The molecule has 0 atom stereocenters. The van der Waals surface area contributed by atoms with Crippen molar-refractivity contribution in [1.82, 2.24) is 0 Å². The summed E-state index contributed by atoms with van der Waals surface area (Å²) in [5.74, 6) is 0. The zero-order valence-electron chi connectivity index (χ0n) is 6.60. The molecule has 2 nitrogen and oxygen atoms in total. The average Bonchev–Trinajstić information content (AvgIpc) is 2.01. The van der Waals surface area contributed by atoms with Gasteiger partial charge in [-0.25, -0.2) is 0 Å². The summed E-state index contributed by atoms with van der Waals surface area (Å²) in [6.07, 6.45) is -4.51. The summed E-state index contributed by atoms with van der Waals surface area (Å²) < 4.78 is 36.9. The van der Waals surface area contributed by atoms with E-state index in [9.17, 15) is 13.2 Å². The lowest BCUT2D eigenvalue weighted by molar-refractivity contribution is -0.138. The molecule has 0 radical (unpaired) electrons. The number of benzene rings is 1. The lowest BCUT2D eigenvalue weighted by Crippen LogP contribution is -2.12. The molecular weight excluding hydrogens is 183 g/mol. The molecule has 0 fully saturated rings. The van der Waals surface area contributed by atoms with Crippen LogP contribution in [0.15, 0.2) is 18.2 Å². The Balaban J connectivity index is 3.32. The van der Waals surface area contributed by atoms with Gasteiger partial charge in [0.2, 0.25) is 0 Å². The number of hydrogen-bond acceptors (Lipinski definition) is 2. The highest BCUT2D eigenvalue weighted by molar-refractivity contribution is 5.52. The third kappa shape index (κ3) is 1.92. The van der Waals surface area contributed by atoms with Gasteiger partial charge < -0.3 is 10.8 Å². The van der Waals surface area contributed by atoms with Crippen LogP contribution in [0.2, 0.25) is 0 Å². The minimum Gasteiger partial charge on any atom is -0.398 e. The topological polar surface area (TPSA) is 46.2 Å². The van der Waals surface area contributed by atoms with Crippen LogP contribution in [-0.2, 0) is 12.8 Å². The molecule has 0 bridgehead atoms. The largest absolute Gasteiger partial charge is 0.418 e. The van der Waals surface area contributed by atoms with Crippen LogP contribution in [0.25, 0.3) is 0 Å². The van der Waals surface area contributed by atoms with E-state index in [-0.39, 0.29) is 11.3 Å². The molecule has 0 heterocycles. The summed E-state index contributed by atoms with van der Waals surface area (Å²) in [4.78, 5) is 0. The van der Waals surface area contributed by atoms with Gasteiger partial charge in [0.25, 0.3) is 0 Å². The van der Waals surface area contributed by atoms with Crippen molar-refractivity contribution in [3.05, 3.63) is 29.3 Å². The molecule has 13 heavy (non-hydrogen) atoms. The smallest absolute Gasteiger partial charge is 0.398 e. The van der Waals surface area contributed by atoms with Crippen LogP contribution in [0, 0.1) is 0 Å². The van der Waals surface area contributed by atoms with Gasteiger partial charge in [0.05, 0.1) is 12.2 Å². The number of nitrogens with two attached hydrogens (primary N) is 1. The number of alkyl halides is 3. The molecule has 1 aromatic rings. The zero-order valence-corrected chi connectivity index (χ0v) is 6.60. The summed E-state index contributed by atoms with van der Waals surface area (Å²) in [5.41, 5.74) is 3.64. The molecule has 5 heteroatoms. The van der Waals surface area contributed by atoms with Crippen molar-refractivity contribution in [1.29, 1.82) is 0 Å². The Kier molecular flexibility index (Phi) is 2.47. The average molecular weight is 191 g/mol. The first-order chi connectivity index (χ1) is 5.96. The van der Waals surface area contributed by atoms with Crippen molar-refractivity contribution in [2.24, 2.45) is 0 Å². The third-order valence-corrected chi connectivity index (χ3v) is 1.64. The molecular formula is C8H8F3NO. The maximum Gasteiger partial charge on any atom is 0.418 e. The minimum atomic E-state index is -4.51. The predicted molar refractivity (Wildman–Crippen MR) is 41.8 cm³/mol. The minimum absolute atomic E-state index is 0.201. The number of halogens is 3. The first kappa shape index (κ1) is 9.85. The fourth-order valence-electron chi connectivity index (χ4n) is 1.10. The number of aliphatic hydroxyl groups excluding tert-OH is 1. The summed E-state index contributed by atoms with van der Waals surface area (Å²) in [6.45, 7) is -0.667. The molecule has 3 N–H and O–H groups in total. The van der Waals surface area contributed by atoms with Gasteiger partial charge in [0.15, 0.2) is 0 Å². The lowest BCUT2D eigenvalue weighted by atomic mass is 10.1. The van der Waals surface area contributed by atoms with Gasteiger partial charge in [0, 0.05) is 5.69 Å². The van der Waals surface area contributed by atoms with Gasteiger partial charge in [-0.2, -0.15) is 13.2 Å².